The van der Waals surface area contributed by atoms with E-state index < -0.39 is 0 Å². The first-order valence-electron chi connectivity index (χ1n) is 6.11. The predicted octanol–water partition coefficient (Wildman–Crippen LogP) is 1.99. The van der Waals surface area contributed by atoms with Gasteiger partial charge in [0, 0.05) is 25.8 Å². The molecule has 0 aliphatic heterocycles. The summed E-state index contributed by atoms with van der Waals surface area (Å²) in [5.41, 5.74) is 2.18. The molecule has 5 nitrogen and oxygen atoms in total. The second-order valence-corrected chi connectivity index (χ2v) is 4.43. The van der Waals surface area contributed by atoms with Gasteiger partial charge in [0.2, 0.25) is 5.28 Å². The number of carbonyl (C=O) groups excluding carboxylic acids is 1. The lowest BCUT2D eigenvalue weighted by Gasteiger charge is -2.05. The van der Waals surface area contributed by atoms with Crippen molar-refractivity contribution in [3.8, 4) is 0 Å². The number of hydrogen-bond acceptors (Lipinski definition) is 3. The molecule has 0 saturated carbocycles. The quantitative estimate of drug-likeness (QED) is 0.853. The Bertz CT molecular complexity index is 595. The second-order valence-electron chi connectivity index (χ2n) is 4.10. The molecule has 0 fully saturated rings. The van der Waals surface area contributed by atoms with E-state index in [4.69, 9.17) is 16.3 Å². The number of amides is 1. The van der Waals surface area contributed by atoms with E-state index in [9.17, 15) is 4.79 Å². The summed E-state index contributed by atoms with van der Waals surface area (Å²) >= 11 is 5.94. The summed E-state index contributed by atoms with van der Waals surface area (Å²) in [6.07, 6.45) is 0. The van der Waals surface area contributed by atoms with E-state index in [2.05, 4.69) is 10.3 Å². The molecule has 0 unspecified atom stereocenters. The maximum atomic E-state index is 11.9. The molecule has 1 aromatic heterocycles. The van der Waals surface area contributed by atoms with E-state index >= 15 is 0 Å². The number of ether oxygens (including phenoxy) is 1. The molecule has 0 radical (unpaired) electrons. The standard InChI is InChI=1S/C13H16ClN3O2/c1-3-19-7-6-15-12(18)9-4-5-11-10(8-9)16-13(14)17(11)2/h4-5,8H,3,6-7H2,1-2H3,(H,15,18). The largest absolute Gasteiger partial charge is 0.380 e. The summed E-state index contributed by atoms with van der Waals surface area (Å²) in [6.45, 7) is 3.57. The summed E-state index contributed by atoms with van der Waals surface area (Å²) in [5, 5.41) is 3.19. The molecule has 102 valence electrons. The maximum absolute atomic E-state index is 11.9. The van der Waals surface area contributed by atoms with Gasteiger partial charge in [0.05, 0.1) is 17.6 Å². The highest BCUT2D eigenvalue weighted by molar-refractivity contribution is 6.29. The van der Waals surface area contributed by atoms with Crippen LogP contribution < -0.4 is 5.32 Å². The number of nitrogens with zero attached hydrogens (tertiary/aromatic N) is 2. The fourth-order valence-corrected chi connectivity index (χ4v) is 1.98. The zero-order valence-corrected chi connectivity index (χ0v) is 11.7. The molecular formula is C13H16ClN3O2. The van der Waals surface area contributed by atoms with Gasteiger partial charge in [0.1, 0.15) is 0 Å². The number of fused-ring (bicyclic) bond motifs is 1. The monoisotopic (exact) mass is 281 g/mol. The first-order valence-corrected chi connectivity index (χ1v) is 6.49. The minimum absolute atomic E-state index is 0.136. The number of imidazole rings is 1. The fraction of sp³-hybridized carbons (Fsp3) is 0.385. The summed E-state index contributed by atoms with van der Waals surface area (Å²) in [6, 6.07) is 5.33. The molecule has 2 rings (SSSR count). The lowest BCUT2D eigenvalue weighted by atomic mass is 10.2. The molecule has 0 aliphatic rings. The number of nitrogens with one attached hydrogen (secondary N) is 1. The molecule has 19 heavy (non-hydrogen) atoms. The van der Waals surface area contributed by atoms with Crippen molar-refractivity contribution in [3.63, 3.8) is 0 Å². The van der Waals surface area contributed by atoms with Crippen molar-refractivity contribution in [2.75, 3.05) is 19.8 Å². The van der Waals surface area contributed by atoms with Gasteiger partial charge in [-0.15, -0.1) is 0 Å². The zero-order chi connectivity index (χ0) is 13.8. The number of hydrogen-bond donors (Lipinski definition) is 1. The Morgan fingerprint density at radius 2 is 2.32 bits per heavy atom. The van der Waals surface area contributed by atoms with Crippen LogP contribution in [0.25, 0.3) is 11.0 Å². The van der Waals surface area contributed by atoms with Gasteiger partial charge in [-0.2, -0.15) is 0 Å². The van der Waals surface area contributed by atoms with Crippen LogP contribution in [0.3, 0.4) is 0 Å². The molecule has 0 aliphatic carbocycles. The molecule has 0 spiro atoms. The molecule has 0 atom stereocenters. The number of rotatable bonds is 5. The van der Waals surface area contributed by atoms with Crippen LogP contribution in [0.1, 0.15) is 17.3 Å². The van der Waals surface area contributed by atoms with Gasteiger partial charge < -0.3 is 14.6 Å². The van der Waals surface area contributed by atoms with E-state index in [0.717, 1.165) is 5.52 Å². The lowest BCUT2D eigenvalue weighted by Crippen LogP contribution is -2.27. The van der Waals surface area contributed by atoms with Gasteiger partial charge in [-0.05, 0) is 36.7 Å². The highest BCUT2D eigenvalue weighted by Gasteiger charge is 2.10. The van der Waals surface area contributed by atoms with E-state index in [0.29, 0.717) is 36.1 Å². The van der Waals surface area contributed by atoms with Crippen LogP contribution in [0.2, 0.25) is 5.28 Å². The molecule has 1 amide bonds. The van der Waals surface area contributed by atoms with Gasteiger partial charge in [0.15, 0.2) is 0 Å². The third-order valence-corrected chi connectivity index (χ3v) is 3.16. The van der Waals surface area contributed by atoms with Crippen LogP contribution in [-0.2, 0) is 11.8 Å². The van der Waals surface area contributed by atoms with Crippen molar-refractivity contribution in [2.45, 2.75) is 6.92 Å². The summed E-state index contributed by atoms with van der Waals surface area (Å²) in [7, 11) is 1.83. The van der Waals surface area contributed by atoms with Gasteiger partial charge >= 0.3 is 0 Å². The predicted molar refractivity (Wildman–Crippen MR) is 74.6 cm³/mol. The number of halogens is 1. The topological polar surface area (TPSA) is 56.1 Å². The Hall–Kier alpha value is -1.59. The normalized spacial score (nSPS) is 10.9. The SMILES string of the molecule is CCOCCNC(=O)c1ccc2c(c1)nc(Cl)n2C. The molecule has 0 saturated heterocycles. The Kier molecular flexibility index (Phi) is 4.39. The van der Waals surface area contributed by atoms with E-state index in [1.54, 1.807) is 16.7 Å². The van der Waals surface area contributed by atoms with Crippen LogP contribution in [0, 0.1) is 0 Å². The van der Waals surface area contributed by atoms with Crippen molar-refractivity contribution in [1.82, 2.24) is 14.9 Å². The molecule has 1 N–H and O–H groups in total. The summed E-state index contributed by atoms with van der Waals surface area (Å²) < 4.78 is 6.93. The average Bonchev–Trinajstić information content (AvgIpc) is 2.69. The first-order chi connectivity index (χ1) is 9.13. The van der Waals surface area contributed by atoms with Crippen molar-refractivity contribution in [3.05, 3.63) is 29.0 Å². The highest BCUT2D eigenvalue weighted by atomic mass is 35.5. The van der Waals surface area contributed by atoms with Crippen LogP contribution >= 0.6 is 11.6 Å². The smallest absolute Gasteiger partial charge is 0.251 e. The second kappa shape index (κ2) is 6.04. The van der Waals surface area contributed by atoms with Crippen LogP contribution in [0.5, 0.6) is 0 Å². The van der Waals surface area contributed by atoms with Crippen LogP contribution in [-0.4, -0.2) is 35.2 Å². The molecule has 0 bridgehead atoms. The van der Waals surface area contributed by atoms with Crippen molar-refractivity contribution in [2.24, 2.45) is 7.05 Å². The summed E-state index contributed by atoms with van der Waals surface area (Å²) in [4.78, 5) is 16.1. The number of aromatic nitrogens is 2. The van der Waals surface area contributed by atoms with E-state index in [1.807, 2.05) is 20.0 Å². The molecule has 1 heterocycles. The van der Waals surface area contributed by atoms with E-state index in [-0.39, 0.29) is 5.91 Å². The third kappa shape index (κ3) is 3.05. The number of carbonyl (C=O) groups is 1. The van der Waals surface area contributed by atoms with Crippen molar-refractivity contribution < 1.29 is 9.53 Å². The van der Waals surface area contributed by atoms with Gasteiger partial charge in [-0.25, -0.2) is 4.98 Å². The number of aryl methyl sites for hydroxylation is 1. The average molecular weight is 282 g/mol. The molecule has 2 aromatic rings. The van der Waals surface area contributed by atoms with Crippen molar-refractivity contribution in [1.29, 1.82) is 0 Å². The number of benzene rings is 1. The third-order valence-electron chi connectivity index (χ3n) is 2.82. The van der Waals surface area contributed by atoms with E-state index in [1.165, 1.54) is 0 Å². The Labute approximate surface area is 116 Å². The molecule has 6 heteroatoms. The first kappa shape index (κ1) is 13.8. The molecular weight excluding hydrogens is 266 g/mol. The van der Waals surface area contributed by atoms with Gasteiger partial charge in [-0.1, -0.05) is 0 Å². The summed E-state index contributed by atoms with van der Waals surface area (Å²) in [5.74, 6) is -0.136. The molecule has 1 aromatic carbocycles. The van der Waals surface area contributed by atoms with Crippen LogP contribution in [0.4, 0.5) is 0 Å². The Morgan fingerprint density at radius 3 is 3.05 bits per heavy atom. The van der Waals surface area contributed by atoms with Gasteiger partial charge in [0.25, 0.3) is 5.91 Å². The van der Waals surface area contributed by atoms with Crippen LogP contribution in [0.15, 0.2) is 18.2 Å². The maximum Gasteiger partial charge on any atom is 0.251 e. The minimum Gasteiger partial charge on any atom is -0.380 e. The van der Waals surface area contributed by atoms with Gasteiger partial charge in [-0.3, -0.25) is 4.79 Å². The Morgan fingerprint density at radius 1 is 1.53 bits per heavy atom. The fourth-order valence-electron chi connectivity index (χ4n) is 1.79. The Balaban J connectivity index is 2.10. The minimum atomic E-state index is -0.136. The van der Waals surface area contributed by atoms with Crippen molar-refractivity contribution >= 4 is 28.5 Å². The zero-order valence-electron chi connectivity index (χ0n) is 10.9. The lowest BCUT2D eigenvalue weighted by molar-refractivity contribution is 0.0922. The highest BCUT2D eigenvalue weighted by Crippen LogP contribution is 2.19.